The maximum absolute atomic E-state index is 11.3. The molecule has 0 N–H and O–H groups in total. The average molecular weight is 419 g/mol. The second-order valence-electron chi connectivity index (χ2n) is 5.84. The Balaban J connectivity index is 0. The largest absolute Gasteiger partial charge is 1.00 e. The summed E-state index contributed by atoms with van der Waals surface area (Å²) in [7, 11) is 1.77. The van der Waals surface area contributed by atoms with Crippen LogP contribution in [0.1, 0.15) is 65.7 Å². The third-order valence-electron chi connectivity index (χ3n) is 4.05. The molecule has 22 heavy (non-hydrogen) atoms. The molecule has 0 radical (unpaired) electrons. The molecule has 0 bridgehead atoms. The Kier molecular flexibility index (Phi) is 19.1. The van der Waals surface area contributed by atoms with Crippen molar-refractivity contribution in [3.8, 4) is 0 Å². The third kappa shape index (κ3) is 12.3. The molecule has 0 spiro atoms. The lowest BCUT2D eigenvalue weighted by atomic mass is 10.1. The van der Waals surface area contributed by atoms with Crippen molar-refractivity contribution in [3.63, 3.8) is 0 Å². The van der Waals surface area contributed by atoms with Crippen LogP contribution in [-0.4, -0.2) is 47.7 Å². The third-order valence-corrected chi connectivity index (χ3v) is 6.46. The van der Waals surface area contributed by atoms with E-state index >= 15 is 0 Å². The molecule has 0 aliphatic rings. The number of hydrogen-bond acceptors (Lipinski definition) is 3. The van der Waals surface area contributed by atoms with Gasteiger partial charge >= 0.3 is 0 Å². The van der Waals surface area contributed by atoms with Crippen LogP contribution < -0.4 is 17.0 Å². The monoisotopic (exact) mass is 417 g/mol. The van der Waals surface area contributed by atoms with Crippen molar-refractivity contribution in [2.75, 3.05) is 39.0 Å². The molecule has 0 aromatic rings. The zero-order valence-electron chi connectivity index (χ0n) is 14.9. The molecule has 0 saturated carbocycles. The fourth-order valence-electron chi connectivity index (χ4n) is 2.73. The van der Waals surface area contributed by atoms with Gasteiger partial charge in [0.25, 0.3) is 0 Å². The van der Waals surface area contributed by atoms with E-state index in [1.54, 1.807) is 0 Å². The zero-order chi connectivity index (χ0) is 16.0. The highest BCUT2D eigenvalue weighted by Gasteiger charge is 2.25. The predicted octanol–water partition coefficient (Wildman–Crippen LogP) is 1.56. The predicted molar refractivity (Wildman–Crippen MR) is 96.7 cm³/mol. The van der Waals surface area contributed by atoms with Crippen molar-refractivity contribution in [2.24, 2.45) is 0 Å². The van der Waals surface area contributed by atoms with Gasteiger partial charge in [0.1, 0.15) is 0 Å². The van der Waals surface area contributed by atoms with E-state index in [0.717, 1.165) is 12.2 Å². The highest BCUT2D eigenvalue weighted by Crippen LogP contribution is 2.18. The lowest BCUT2D eigenvalue weighted by Crippen LogP contribution is -3.00. The number of nitrogens with zero attached hydrogens (tertiary/aromatic N) is 1. The van der Waals surface area contributed by atoms with E-state index in [4.69, 9.17) is 4.18 Å². The molecule has 0 aliphatic carbocycles. The Bertz CT molecular complexity index is 247. The lowest BCUT2D eigenvalue weighted by Gasteiger charge is -2.39. The summed E-state index contributed by atoms with van der Waals surface area (Å²) in [4.78, 5) is 0. The second kappa shape index (κ2) is 16.7. The van der Waals surface area contributed by atoms with Gasteiger partial charge in [-0.15, -0.1) is 0 Å². The second-order valence-corrected chi connectivity index (χ2v) is 8.75. The van der Waals surface area contributed by atoms with Crippen LogP contribution in [0, 0.1) is 0 Å². The van der Waals surface area contributed by atoms with Gasteiger partial charge in [-0.3, -0.25) is 4.18 Å². The minimum atomic E-state index is -1.16. The lowest BCUT2D eigenvalue weighted by molar-refractivity contribution is -0.928. The van der Waals surface area contributed by atoms with Crippen molar-refractivity contribution in [2.45, 2.75) is 65.7 Å². The maximum Gasteiger partial charge on any atom is 0.218 e. The molecule has 1 atom stereocenters. The first-order valence-electron chi connectivity index (χ1n) is 8.58. The van der Waals surface area contributed by atoms with Crippen LogP contribution in [0.5, 0.6) is 0 Å². The number of quaternary nitrogens is 1. The van der Waals surface area contributed by atoms with Crippen LogP contribution in [0.4, 0.5) is 0 Å². The molecule has 0 saturated heterocycles. The summed E-state index contributed by atoms with van der Waals surface area (Å²) in [6.45, 7) is 12.0. The Morgan fingerprint density at radius 3 is 1.64 bits per heavy atom. The number of halogens is 1. The summed E-state index contributed by atoms with van der Waals surface area (Å²) in [6.07, 6.45) is 8.94. The van der Waals surface area contributed by atoms with Gasteiger partial charge in [0.2, 0.25) is 10.1 Å². The Labute approximate surface area is 155 Å². The van der Waals surface area contributed by atoms with Gasteiger partial charge < -0.3 is 21.5 Å². The molecule has 0 aliphatic heterocycles. The molecular formula is C16H36BrNO2S2. The van der Waals surface area contributed by atoms with Gasteiger partial charge in [-0.1, -0.05) is 40.0 Å². The SMILES string of the molecule is CCCC[N+](CCCC)(CCCC)CCCSS(=O)OC.[Br-]. The molecule has 0 amide bonds. The van der Waals surface area contributed by atoms with E-state index in [0.29, 0.717) is 0 Å². The summed E-state index contributed by atoms with van der Waals surface area (Å²) in [5.74, 6) is 0.935. The van der Waals surface area contributed by atoms with Crippen molar-refractivity contribution in [3.05, 3.63) is 0 Å². The molecule has 0 aromatic carbocycles. The first-order chi connectivity index (χ1) is 10.1. The van der Waals surface area contributed by atoms with Crippen LogP contribution in [0.25, 0.3) is 0 Å². The normalized spacial score (nSPS) is 12.9. The quantitative estimate of drug-likeness (QED) is 0.229. The zero-order valence-corrected chi connectivity index (χ0v) is 18.2. The van der Waals surface area contributed by atoms with Crippen molar-refractivity contribution >= 4 is 20.9 Å². The summed E-state index contributed by atoms with van der Waals surface area (Å²) < 4.78 is 17.4. The van der Waals surface area contributed by atoms with Gasteiger partial charge in [-0.25, -0.2) is 4.21 Å². The van der Waals surface area contributed by atoms with E-state index in [1.807, 2.05) is 0 Å². The van der Waals surface area contributed by atoms with E-state index in [1.165, 1.54) is 87.1 Å². The topological polar surface area (TPSA) is 26.3 Å². The molecule has 0 fully saturated rings. The van der Waals surface area contributed by atoms with E-state index in [9.17, 15) is 4.21 Å². The molecule has 0 heterocycles. The smallest absolute Gasteiger partial charge is 0.218 e. The van der Waals surface area contributed by atoms with Gasteiger partial charge in [0.05, 0.1) is 33.3 Å². The van der Waals surface area contributed by atoms with Crippen LogP contribution in [0.3, 0.4) is 0 Å². The van der Waals surface area contributed by atoms with Crippen molar-refractivity contribution < 1.29 is 29.9 Å². The highest BCUT2D eigenvalue weighted by atomic mass is 79.9. The van der Waals surface area contributed by atoms with Gasteiger partial charge in [-0.05, 0) is 30.1 Å². The first-order valence-corrected chi connectivity index (χ1v) is 11.2. The first kappa shape index (κ1) is 25.1. The molecule has 1 unspecified atom stereocenters. The average Bonchev–Trinajstić information content (AvgIpc) is 2.52. The molecule has 0 aromatic heterocycles. The van der Waals surface area contributed by atoms with Crippen molar-refractivity contribution in [1.29, 1.82) is 0 Å². The van der Waals surface area contributed by atoms with E-state index < -0.39 is 10.1 Å². The number of rotatable bonds is 15. The number of hydrogen-bond donors (Lipinski definition) is 0. The van der Waals surface area contributed by atoms with Gasteiger partial charge in [0.15, 0.2) is 0 Å². The molecule has 3 nitrogen and oxygen atoms in total. The maximum atomic E-state index is 11.3. The van der Waals surface area contributed by atoms with Crippen LogP contribution in [-0.2, 0) is 14.3 Å². The molecule has 6 heteroatoms. The van der Waals surface area contributed by atoms with Crippen molar-refractivity contribution in [1.82, 2.24) is 0 Å². The molecule has 136 valence electrons. The summed E-state index contributed by atoms with van der Waals surface area (Å²) >= 11 is 0. The van der Waals surface area contributed by atoms with E-state index in [2.05, 4.69) is 20.8 Å². The van der Waals surface area contributed by atoms with Crippen LogP contribution in [0.15, 0.2) is 0 Å². The fourth-order valence-corrected chi connectivity index (χ4v) is 4.26. The van der Waals surface area contributed by atoms with Gasteiger partial charge in [0, 0.05) is 12.2 Å². The fraction of sp³-hybridized carbons (Fsp3) is 1.00. The molecular weight excluding hydrogens is 382 g/mol. The van der Waals surface area contributed by atoms with Crippen LogP contribution in [0.2, 0.25) is 0 Å². The standard InChI is InChI=1S/C16H36NO2S2.BrH/c1-5-8-12-17(13-9-6-2,14-10-7-3)15-11-16-20-21(18)19-4;/h5-16H2,1-4H3;1H/q+1;/p-1. The minimum Gasteiger partial charge on any atom is -1.00 e. The van der Waals surface area contributed by atoms with Crippen LogP contribution >= 0.6 is 10.8 Å². The Hall–Kier alpha value is 0.900. The summed E-state index contributed by atoms with van der Waals surface area (Å²) in [5, 5.41) is 0. The highest BCUT2D eigenvalue weighted by molar-refractivity contribution is 8.67. The number of unbranched alkanes of at least 4 members (excludes halogenated alkanes) is 3. The van der Waals surface area contributed by atoms with Gasteiger partial charge in [-0.2, -0.15) is 0 Å². The summed E-state index contributed by atoms with van der Waals surface area (Å²) in [5.41, 5.74) is 0. The summed E-state index contributed by atoms with van der Waals surface area (Å²) in [6, 6.07) is 0. The Morgan fingerprint density at radius 1 is 0.864 bits per heavy atom. The molecule has 0 rings (SSSR count). The minimum absolute atomic E-state index is 0. The van der Waals surface area contributed by atoms with E-state index in [-0.39, 0.29) is 17.0 Å². The Morgan fingerprint density at radius 2 is 1.27 bits per heavy atom.